The number of anilines is 1. The molecule has 3 aromatic rings. The summed E-state index contributed by atoms with van der Waals surface area (Å²) in [6.07, 6.45) is 1.79. The second kappa shape index (κ2) is 7.38. The van der Waals surface area contributed by atoms with E-state index >= 15 is 0 Å². The summed E-state index contributed by atoms with van der Waals surface area (Å²) in [7, 11) is 2.06. The van der Waals surface area contributed by atoms with Crippen molar-refractivity contribution in [1.82, 2.24) is 14.9 Å². The molecule has 0 radical (unpaired) electrons. The molecule has 0 saturated carbocycles. The Kier molecular flexibility index (Phi) is 5.03. The molecule has 5 nitrogen and oxygen atoms in total. The first-order valence-electron chi connectivity index (χ1n) is 8.59. The number of nitrogens with zero attached hydrogens (tertiary/aromatic N) is 2. The number of imidazole rings is 1. The van der Waals surface area contributed by atoms with Gasteiger partial charge < -0.3 is 15.2 Å². The number of nitrogens with one attached hydrogen (secondary N) is 2. The van der Waals surface area contributed by atoms with Gasteiger partial charge in [-0.05, 0) is 50.1 Å². The van der Waals surface area contributed by atoms with Crippen LogP contribution in [0.2, 0.25) is 0 Å². The average Bonchev–Trinajstić information content (AvgIpc) is 2.90. The van der Waals surface area contributed by atoms with E-state index in [4.69, 9.17) is 4.98 Å². The fourth-order valence-electron chi connectivity index (χ4n) is 2.86. The molecule has 25 heavy (non-hydrogen) atoms. The summed E-state index contributed by atoms with van der Waals surface area (Å²) in [5.74, 6) is 1.08. The van der Waals surface area contributed by atoms with Gasteiger partial charge in [-0.1, -0.05) is 24.3 Å². The normalized spacial score (nSPS) is 11.0. The van der Waals surface area contributed by atoms with E-state index in [1.807, 2.05) is 56.3 Å². The number of hydrogen-bond acceptors (Lipinski definition) is 2. The second-order valence-electron chi connectivity index (χ2n) is 6.53. The number of aromatic nitrogens is 2. The maximum absolute atomic E-state index is 11.7. The molecular weight excluding hydrogens is 312 g/mol. The standard InChI is InChI=1S/C20H24N4O/c1-14(2)21-20(25)22-16-11-8-15(9-12-16)10-13-19-23-17-6-4-5-7-18(17)24(19)3/h4-9,11-12,14H,10,13H2,1-3H3,(H2,21,22,25). The Bertz CT molecular complexity index is 865. The molecular formula is C20H24N4O. The number of amides is 2. The monoisotopic (exact) mass is 336 g/mol. The second-order valence-corrected chi connectivity index (χ2v) is 6.53. The highest BCUT2D eigenvalue weighted by Gasteiger charge is 2.07. The summed E-state index contributed by atoms with van der Waals surface area (Å²) in [4.78, 5) is 16.4. The Morgan fingerprint density at radius 3 is 2.48 bits per heavy atom. The molecule has 5 heteroatoms. The predicted molar refractivity (Wildman–Crippen MR) is 102 cm³/mol. The van der Waals surface area contributed by atoms with Gasteiger partial charge in [0.15, 0.2) is 0 Å². The minimum absolute atomic E-state index is 0.118. The maximum atomic E-state index is 11.7. The van der Waals surface area contributed by atoms with Crippen LogP contribution in [0.15, 0.2) is 48.5 Å². The van der Waals surface area contributed by atoms with Crippen LogP contribution in [0.4, 0.5) is 10.5 Å². The lowest BCUT2D eigenvalue weighted by Gasteiger charge is -2.10. The van der Waals surface area contributed by atoms with Crippen molar-refractivity contribution in [3.05, 3.63) is 59.9 Å². The Morgan fingerprint density at radius 2 is 1.80 bits per heavy atom. The minimum atomic E-state index is -0.178. The van der Waals surface area contributed by atoms with Gasteiger partial charge in [0.1, 0.15) is 5.82 Å². The lowest BCUT2D eigenvalue weighted by atomic mass is 10.1. The van der Waals surface area contributed by atoms with Crippen LogP contribution < -0.4 is 10.6 Å². The van der Waals surface area contributed by atoms with Crippen molar-refractivity contribution in [1.29, 1.82) is 0 Å². The van der Waals surface area contributed by atoms with Crippen LogP contribution in [0.3, 0.4) is 0 Å². The van der Waals surface area contributed by atoms with Crippen LogP contribution >= 0.6 is 0 Å². The van der Waals surface area contributed by atoms with Crippen LogP contribution in [0, 0.1) is 0 Å². The van der Waals surface area contributed by atoms with Crippen LogP contribution in [0.5, 0.6) is 0 Å². The zero-order valence-corrected chi connectivity index (χ0v) is 14.9. The van der Waals surface area contributed by atoms with E-state index in [9.17, 15) is 4.79 Å². The molecule has 0 saturated heterocycles. The van der Waals surface area contributed by atoms with Gasteiger partial charge in [-0.25, -0.2) is 9.78 Å². The largest absolute Gasteiger partial charge is 0.336 e. The van der Waals surface area contributed by atoms with Gasteiger partial charge in [0.2, 0.25) is 0 Å². The number of carbonyl (C=O) groups is 1. The van der Waals surface area contributed by atoms with Crippen LogP contribution in [0.1, 0.15) is 25.2 Å². The van der Waals surface area contributed by atoms with Gasteiger partial charge >= 0.3 is 6.03 Å². The first-order chi connectivity index (χ1) is 12.0. The van der Waals surface area contributed by atoms with Crippen LogP contribution in [0.25, 0.3) is 11.0 Å². The van der Waals surface area contributed by atoms with E-state index in [1.165, 1.54) is 5.56 Å². The van der Waals surface area contributed by atoms with E-state index < -0.39 is 0 Å². The molecule has 2 aromatic carbocycles. The molecule has 0 atom stereocenters. The maximum Gasteiger partial charge on any atom is 0.319 e. The fourth-order valence-corrected chi connectivity index (χ4v) is 2.86. The number of urea groups is 1. The highest BCUT2D eigenvalue weighted by molar-refractivity contribution is 5.89. The van der Waals surface area contributed by atoms with Crippen molar-refractivity contribution in [3.63, 3.8) is 0 Å². The van der Waals surface area contributed by atoms with Gasteiger partial charge in [0, 0.05) is 25.2 Å². The number of hydrogen-bond donors (Lipinski definition) is 2. The molecule has 0 aliphatic heterocycles. The molecule has 1 heterocycles. The molecule has 130 valence electrons. The molecule has 1 aromatic heterocycles. The lowest BCUT2D eigenvalue weighted by Crippen LogP contribution is -2.34. The van der Waals surface area contributed by atoms with E-state index in [-0.39, 0.29) is 12.1 Å². The van der Waals surface area contributed by atoms with E-state index in [1.54, 1.807) is 0 Å². The van der Waals surface area contributed by atoms with E-state index in [0.29, 0.717) is 0 Å². The SMILES string of the molecule is CC(C)NC(=O)Nc1ccc(CCc2nc3ccccc3n2C)cc1. The number of carbonyl (C=O) groups excluding carboxylic acids is 1. The van der Waals surface area contributed by atoms with Crippen molar-refractivity contribution < 1.29 is 4.79 Å². The van der Waals surface area contributed by atoms with E-state index in [0.717, 1.165) is 35.4 Å². The van der Waals surface area contributed by atoms with Crippen molar-refractivity contribution in [2.45, 2.75) is 32.7 Å². The molecule has 3 rings (SSSR count). The predicted octanol–water partition coefficient (Wildman–Crippen LogP) is 3.89. The number of aryl methyl sites for hydroxylation is 3. The van der Waals surface area contributed by atoms with Gasteiger partial charge in [-0.15, -0.1) is 0 Å². The Morgan fingerprint density at radius 1 is 1.08 bits per heavy atom. The zero-order chi connectivity index (χ0) is 17.8. The van der Waals surface area contributed by atoms with Gasteiger partial charge in [-0.3, -0.25) is 0 Å². The summed E-state index contributed by atoms with van der Waals surface area (Å²) >= 11 is 0. The lowest BCUT2D eigenvalue weighted by molar-refractivity contribution is 0.250. The number of fused-ring (bicyclic) bond motifs is 1. The average molecular weight is 336 g/mol. The molecule has 0 bridgehead atoms. The third kappa shape index (κ3) is 4.18. The molecule has 2 amide bonds. The molecule has 0 aliphatic rings. The fraction of sp³-hybridized carbons (Fsp3) is 0.300. The zero-order valence-electron chi connectivity index (χ0n) is 14.9. The molecule has 0 spiro atoms. The Balaban J connectivity index is 1.61. The van der Waals surface area contributed by atoms with E-state index in [2.05, 4.69) is 28.3 Å². The van der Waals surface area contributed by atoms with Crippen molar-refractivity contribution in [3.8, 4) is 0 Å². The first kappa shape index (κ1) is 17.0. The highest BCUT2D eigenvalue weighted by Crippen LogP contribution is 2.16. The molecule has 0 unspecified atom stereocenters. The number of rotatable bonds is 5. The summed E-state index contributed by atoms with van der Waals surface area (Å²) in [5, 5.41) is 5.64. The third-order valence-corrected chi connectivity index (χ3v) is 4.15. The molecule has 0 aliphatic carbocycles. The highest BCUT2D eigenvalue weighted by atomic mass is 16.2. The van der Waals surface area contributed by atoms with Gasteiger partial charge in [0.25, 0.3) is 0 Å². The van der Waals surface area contributed by atoms with Gasteiger partial charge in [0.05, 0.1) is 11.0 Å². The smallest absolute Gasteiger partial charge is 0.319 e. The number of para-hydroxylation sites is 2. The van der Waals surface area contributed by atoms with Gasteiger partial charge in [-0.2, -0.15) is 0 Å². The van der Waals surface area contributed by atoms with Crippen LogP contribution in [-0.4, -0.2) is 21.6 Å². The molecule has 2 N–H and O–H groups in total. The Labute approximate surface area is 148 Å². The first-order valence-corrected chi connectivity index (χ1v) is 8.59. The summed E-state index contributed by atoms with van der Waals surface area (Å²) in [6.45, 7) is 3.87. The molecule has 0 fully saturated rings. The van der Waals surface area contributed by atoms with Crippen molar-refractivity contribution in [2.24, 2.45) is 7.05 Å². The van der Waals surface area contributed by atoms with Crippen LogP contribution in [-0.2, 0) is 19.9 Å². The topological polar surface area (TPSA) is 59.0 Å². The minimum Gasteiger partial charge on any atom is -0.336 e. The quantitative estimate of drug-likeness (QED) is 0.742. The summed E-state index contributed by atoms with van der Waals surface area (Å²) < 4.78 is 2.15. The summed E-state index contributed by atoms with van der Waals surface area (Å²) in [5.41, 5.74) is 4.22. The Hall–Kier alpha value is -2.82. The van der Waals surface area contributed by atoms with Crippen molar-refractivity contribution in [2.75, 3.05) is 5.32 Å². The number of benzene rings is 2. The third-order valence-electron chi connectivity index (χ3n) is 4.15. The van der Waals surface area contributed by atoms with Crippen molar-refractivity contribution >= 4 is 22.8 Å². The summed E-state index contributed by atoms with van der Waals surface area (Å²) in [6, 6.07) is 16.1.